The molecule has 1 N–H and O–H groups in total. The summed E-state index contributed by atoms with van der Waals surface area (Å²) in [4.78, 5) is 12.3. The van der Waals surface area contributed by atoms with Crippen LogP contribution >= 0.6 is 0 Å². The quantitative estimate of drug-likeness (QED) is 0.463. The van der Waals surface area contributed by atoms with Crippen LogP contribution in [-0.4, -0.2) is 26.9 Å². The molecule has 0 radical (unpaired) electrons. The van der Waals surface area contributed by atoms with E-state index < -0.39 is 14.9 Å². The summed E-state index contributed by atoms with van der Waals surface area (Å²) in [6.07, 6.45) is 0. The predicted octanol–water partition coefficient (Wildman–Crippen LogP) is 3.41. The molecule has 7 nitrogen and oxygen atoms in total. The number of rotatable bonds is 7. The molecular weight excluding hydrogens is 342 g/mol. The standard InChI is InChI=1S/C17H19N3O4S/c1-13(2)12-19(3)16-10-9-15(11-17(16)20(21)22)25(23,24)18-14-7-5-4-6-8-14/h4-11,18H,1,12H2,2-3H3. The van der Waals surface area contributed by atoms with Gasteiger partial charge in [0, 0.05) is 25.3 Å². The molecule has 132 valence electrons. The van der Waals surface area contributed by atoms with Gasteiger partial charge in [-0.1, -0.05) is 30.4 Å². The Morgan fingerprint density at radius 3 is 2.44 bits per heavy atom. The molecule has 0 saturated carbocycles. The SMILES string of the molecule is C=C(C)CN(C)c1ccc(S(=O)(=O)Nc2ccccc2)cc1[N+](=O)[O-]. The normalized spacial score (nSPS) is 11.0. The number of nitrogens with zero attached hydrogens (tertiary/aromatic N) is 2. The van der Waals surface area contributed by atoms with E-state index >= 15 is 0 Å². The summed E-state index contributed by atoms with van der Waals surface area (Å²) in [7, 11) is -2.24. The molecule has 0 aliphatic rings. The molecule has 8 heteroatoms. The van der Waals surface area contributed by atoms with Crippen molar-refractivity contribution in [1.29, 1.82) is 0 Å². The summed E-state index contributed by atoms with van der Waals surface area (Å²) in [6.45, 7) is 6.02. The maximum atomic E-state index is 12.5. The highest BCUT2D eigenvalue weighted by atomic mass is 32.2. The molecule has 0 atom stereocenters. The van der Waals surface area contributed by atoms with E-state index in [2.05, 4.69) is 11.3 Å². The molecular formula is C17H19N3O4S. The van der Waals surface area contributed by atoms with Gasteiger partial charge in [-0.2, -0.15) is 0 Å². The molecule has 0 fully saturated rings. The number of nitrogens with one attached hydrogen (secondary N) is 1. The van der Waals surface area contributed by atoms with Crippen molar-refractivity contribution in [3.05, 3.63) is 70.8 Å². The molecule has 0 spiro atoms. The van der Waals surface area contributed by atoms with Crippen LogP contribution < -0.4 is 9.62 Å². The van der Waals surface area contributed by atoms with Crippen LogP contribution in [0.2, 0.25) is 0 Å². The first-order valence-electron chi connectivity index (χ1n) is 7.42. The van der Waals surface area contributed by atoms with Crippen molar-refractivity contribution in [2.24, 2.45) is 0 Å². The van der Waals surface area contributed by atoms with Crippen LogP contribution in [0.1, 0.15) is 6.92 Å². The van der Waals surface area contributed by atoms with Gasteiger partial charge in [-0.25, -0.2) is 8.42 Å². The Morgan fingerprint density at radius 1 is 1.24 bits per heavy atom. The highest BCUT2D eigenvalue weighted by Crippen LogP contribution is 2.31. The van der Waals surface area contributed by atoms with E-state index in [4.69, 9.17) is 0 Å². The topological polar surface area (TPSA) is 92.6 Å². The second-order valence-corrected chi connectivity index (χ2v) is 7.37. The number of sulfonamides is 1. The highest BCUT2D eigenvalue weighted by Gasteiger charge is 2.23. The van der Waals surface area contributed by atoms with Crippen LogP contribution in [-0.2, 0) is 10.0 Å². The van der Waals surface area contributed by atoms with Gasteiger partial charge in [0.15, 0.2) is 0 Å². The number of nitro groups is 1. The van der Waals surface area contributed by atoms with Gasteiger partial charge in [0.2, 0.25) is 0 Å². The molecule has 0 bridgehead atoms. The predicted molar refractivity (Wildman–Crippen MR) is 98.4 cm³/mol. The molecule has 0 aromatic heterocycles. The van der Waals surface area contributed by atoms with Crippen LogP contribution in [0.3, 0.4) is 0 Å². The zero-order valence-corrected chi connectivity index (χ0v) is 14.8. The Hall–Kier alpha value is -2.87. The first-order chi connectivity index (χ1) is 11.7. The number of benzene rings is 2. The Labute approximate surface area is 146 Å². The smallest absolute Gasteiger partial charge is 0.293 e. The van der Waals surface area contributed by atoms with Crippen LogP contribution in [0.15, 0.2) is 65.6 Å². The summed E-state index contributed by atoms with van der Waals surface area (Å²) < 4.78 is 27.4. The fourth-order valence-corrected chi connectivity index (χ4v) is 3.43. The summed E-state index contributed by atoms with van der Waals surface area (Å²) in [6, 6.07) is 12.2. The monoisotopic (exact) mass is 361 g/mol. The first-order valence-corrected chi connectivity index (χ1v) is 8.91. The largest absolute Gasteiger partial charge is 0.365 e. The van der Waals surface area contributed by atoms with Gasteiger partial charge in [-0.15, -0.1) is 0 Å². The molecule has 2 rings (SSSR count). The van der Waals surface area contributed by atoms with Crippen molar-refractivity contribution >= 4 is 27.1 Å². The van der Waals surface area contributed by atoms with Crippen molar-refractivity contribution < 1.29 is 13.3 Å². The Bertz CT molecular complexity index is 895. The minimum Gasteiger partial charge on any atom is -0.365 e. The van der Waals surface area contributed by atoms with E-state index in [1.54, 1.807) is 42.3 Å². The van der Waals surface area contributed by atoms with E-state index in [1.165, 1.54) is 12.1 Å². The summed E-state index contributed by atoms with van der Waals surface area (Å²) >= 11 is 0. The lowest BCUT2D eigenvalue weighted by Crippen LogP contribution is -2.20. The van der Waals surface area contributed by atoms with Crippen molar-refractivity contribution in [2.75, 3.05) is 23.2 Å². The number of nitro benzene ring substituents is 1. The Morgan fingerprint density at radius 2 is 1.88 bits per heavy atom. The molecule has 0 aliphatic heterocycles. The molecule has 2 aromatic rings. The second kappa shape index (κ2) is 7.35. The zero-order valence-electron chi connectivity index (χ0n) is 14.0. The van der Waals surface area contributed by atoms with E-state index in [1.807, 2.05) is 6.92 Å². The molecule has 0 unspecified atom stereocenters. The third-order valence-corrected chi connectivity index (χ3v) is 4.78. The maximum absolute atomic E-state index is 12.5. The lowest BCUT2D eigenvalue weighted by Gasteiger charge is -2.19. The zero-order chi connectivity index (χ0) is 18.6. The van der Waals surface area contributed by atoms with Crippen LogP contribution in [0, 0.1) is 10.1 Å². The van der Waals surface area contributed by atoms with Gasteiger partial charge in [-0.3, -0.25) is 14.8 Å². The molecule has 0 saturated heterocycles. The van der Waals surface area contributed by atoms with Crippen molar-refractivity contribution in [3.63, 3.8) is 0 Å². The van der Waals surface area contributed by atoms with Gasteiger partial charge in [0.25, 0.3) is 15.7 Å². The minimum atomic E-state index is -3.93. The van der Waals surface area contributed by atoms with Crippen molar-refractivity contribution in [2.45, 2.75) is 11.8 Å². The number of anilines is 2. The summed E-state index contributed by atoms with van der Waals surface area (Å²) in [5.74, 6) is 0. The van der Waals surface area contributed by atoms with E-state index in [9.17, 15) is 18.5 Å². The fraction of sp³-hybridized carbons (Fsp3) is 0.176. The summed E-state index contributed by atoms with van der Waals surface area (Å²) in [5.41, 5.74) is 1.26. The number of para-hydroxylation sites is 1. The van der Waals surface area contributed by atoms with Gasteiger partial charge in [0.05, 0.1) is 9.82 Å². The number of hydrogen-bond donors (Lipinski definition) is 1. The number of hydrogen-bond acceptors (Lipinski definition) is 5. The average molecular weight is 361 g/mol. The lowest BCUT2D eigenvalue weighted by molar-refractivity contribution is -0.384. The van der Waals surface area contributed by atoms with Crippen LogP contribution in [0.4, 0.5) is 17.1 Å². The minimum absolute atomic E-state index is 0.171. The van der Waals surface area contributed by atoms with Gasteiger partial charge >= 0.3 is 0 Å². The van der Waals surface area contributed by atoms with Crippen LogP contribution in [0.5, 0.6) is 0 Å². The molecule has 25 heavy (non-hydrogen) atoms. The lowest BCUT2D eigenvalue weighted by atomic mass is 10.2. The van der Waals surface area contributed by atoms with Gasteiger partial charge < -0.3 is 4.90 Å². The molecule has 0 heterocycles. The first kappa shape index (κ1) is 18.5. The number of likely N-dealkylation sites (N-methyl/N-ethyl adjacent to an activating group) is 1. The molecule has 2 aromatic carbocycles. The average Bonchev–Trinajstić information content (AvgIpc) is 2.54. The maximum Gasteiger partial charge on any atom is 0.293 e. The third kappa shape index (κ3) is 4.57. The summed E-state index contributed by atoms with van der Waals surface area (Å²) in [5, 5.41) is 11.4. The molecule has 0 amide bonds. The molecule has 0 aliphatic carbocycles. The Kier molecular flexibility index (Phi) is 5.43. The van der Waals surface area contributed by atoms with E-state index in [-0.39, 0.29) is 10.6 Å². The second-order valence-electron chi connectivity index (χ2n) is 5.69. The van der Waals surface area contributed by atoms with Crippen molar-refractivity contribution in [1.82, 2.24) is 0 Å². The van der Waals surface area contributed by atoms with Crippen LogP contribution in [0.25, 0.3) is 0 Å². The fourth-order valence-electron chi connectivity index (χ4n) is 2.35. The van der Waals surface area contributed by atoms with Gasteiger partial charge in [-0.05, 0) is 31.2 Å². The Balaban J connectivity index is 2.41. The van der Waals surface area contributed by atoms with E-state index in [0.29, 0.717) is 17.9 Å². The van der Waals surface area contributed by atoms with Crippen molar-refractivity contribution in [3.8, 4) is 0 Å². The van der Waals surface area contributed by atoms with E-state index in [0.717, 1.165) is 11.6 Å². The van der Waals surface area contributed by atoms with Gasteiger partial charge in [0.1, 0.15) is 5.69 Å². The highest BCUT2D eigenvalue weighted by molar-refractivity contribution is 7.92. The third-order valence-electron chi connectivity index (χ3n) is 3.40.